The van der Waals surface area contributed by atoms with Gasteiger partial charge in [0.1, 0.15) is 5.82 Å². The fourth-order valence-electron chi connectivity index (χ4n) is 8.78. The summed E-state index contributed by atoms with van der Waals surface area (Å²) in [5.41, 5.74) is 14.5. The first-order valence-corrected chi connectivity index (χ1v) is 18.7. The molecule has 0 N–H and O–H groups in total. The summed E-state index contributed by atoms with van der Waals surface area (Å²) in [7, 11) is 0. The summed E-state index contributed by atoms with van der Waals surface area (Å²) in [6.07, 6.45) is 5.66. The van der Waals surface area contributed by atoms with Gasteiger partial charge in [-0.3, -0.25) is 4.57 Å². The van der Waals surface area contributed by atoms with Gasteiger partial charge in [-0.2, -0.15) is 0 Å². The van der Waals surface area contributed by atoms with E-state index in [-0.39, 0.29) is 5.92 Å². The number of hydrogen-bond acceptors (Lipinski definition) is 1. The molecule has 0 saturated carbocycles. The van der Waals surface area contributed by atoms with Gasteiger partial charge in [0, 0.05) is 33.2 Å². The highest BCUT2D eigenvalue weighted by Gasteiger charge is 2.25. The second kappa shape index (κ2) is 12.3. The Hall–Kier alpha value is -6.97. The number of allylic oxidation sites excluding steroid dienone is 1. The van der Waals surface area contributed by atoms with E-state index in [1.54, 1.807) is 0 Å². The van der Waals surface area contributed by atoms with Gasteiger partial charge in [0.25, 0.3) is 0 Å². The Bertz CT molecular complexity index is 3070. The maximum Gasteiger partial charge on any atom is 0.138 e. The summed E-state index contributed by atoms with van der Waals surface area (Å²) < 4.78 is 4.77. The smallest absolute Gasteiger partial charge is 0.138 e. The van der Waals surface area contributed by atoms with Gasteiger partial charge in [-0.1, -0.05) is 133 Å². The van der Waals surface area contributed by atoms with Crippen LogP contribution in [0.4, 0.5) is 0 Å². The molecule has 1 unspecified atom stereocenters. The molecule has 0 aliphatic heterocycles. The van der Waals surface area contributed by atoms with E-state index < -0.39 is 0 Å². The molecule has 3 aromatic heterocycles. The van der Waals surface area contributed by atoms with Crippen LogP contribution in [0.15, 0.2) is 188 Å². The van der Waals surface area contributed by atoms with Crippen LogP contribution in [0.3, 0.4) is 0 Å². The van der Waals surface area contributed by atoms with Gasteiger partial charge in [-0.05, 0) is 100 Å². The Morgan fingerprint density at radius 1 is 0.463 bits per heavy atom. The summed E-state index contributed by atoms with van der Waals surface area (Å²) in [4.78, 5) is 5.34. The lowest BCUT2D eigenvalue weighted by Crippen LogP contribution is -2.08. The fraction of sp³-hybridized carbons (Fsp3) is 0.0392. The monoisotopic (exact) mass is 689 g/mol. The Kier molecular flexibility index (Phi) is 6.99. The molecule has 0 bridgehead atoms. The third-order valence-corrected chi connectivity index (χ3v) is 11.3. The number of aromatic nitrogens is 3. The third-order valence-electron chi connectivity index (χ3n) is 11.3. The zero-order chi connectivity index (χ0) is 35.6. The molecular formula is C51H35N3. The molecule has 3 heterocycles. The minimum absolute atomic E-state index is 0.251. The van der Waals surface area contributed by atoms with Crippen molar-refractivity contribution >= 4 is 49.7 Å². The Balaban J connectivity index is 1.04. The van der Waals surface area contributed by atoms with E-state index in [2.05, 4.69) is 203 Å². The SMILES string of the molecule is C1=CC(c2ccc3c(c2)c2ccccc2n3-c2ccccc2)Cc2c1n(-c1cc(-c3cccc(-c4ccccc4)c3)c3ccccc3n1)c1ccccc21. The summed E-state index contributed by atoms with van der Waals surface area (Å²) >= 11 is 0. The van der Waals surface area contributed by atoms with Crippen LogP contribution in [0.2, 0.25) is 0 Å². The summed E-state index contributed by atoms with van der Waals surface area (Å²) in [6, 6.07) is 65.7. The number of rotatable bonds is 5. The van der Waals surface area contributed by atoms with Crippen molar-refractivity contribution in [2.45, 2.75) is 12.3 Å². The maximum atomic E-state index is 5.34. The molecule has 1 aliphatic carbocycles. The molecule has 0 saturated heterocycles. The van der Waals surface area contributed by atoms with Gasteiger partial charge in [0.2, 0.25) is 0 Å². The van der Waals surface area contributed by atoms with Crippen LogP contribution in [-0.4, -0.2) is 14.1 Å². The molecule has 10 aromatic rings. The molecule has 7 aromatic carbocycles. The molecule has 0 radical (unpaired) electrons. The van der Waals surface area contributed by atoms with Crippen LogP contribution in [0.5, 0.6) is 0 Å². The number of nitrogens with zero attached hydrogens (tertiary/aromatic N) is 3. The zero-order valence-electron chi connectivity index (χ0n) is 29.6. The molecule has 254 valence electrons. The van der Waals surface area contributed by atoms with Crippen molar-refractivity contribution in [3.8, 4) is 33.8 Å². The van der Waals surface area contributed by atoms with E-state index in [4.69, 9.17) is 4.98 Å². The van der Waals surface area contributed by atoms with Crippen LogP contribution < -0.4 is 0 Å². The number of pyridine rings is 1. The Morgan fingerprint density at radius 3 is 1.94 bits per heavy atom. The van der Waals surface area contributed by atoms with Crippen molar-refractivity contribution in [1.29, 1.82) is 0 Å². The molecule has 3 nitrogen and oxygen atoms in total. The first-order valence-electron chi connectivity index (χ1n) is 18.7. The predicted molar refractivity (Wildman–Crippen MR) is 226 cm³/mol. The highest BCUT2D eigenvalue weighted by Crippen LogP contribution is 2.41. The molecule has 1 atom stereocenters. The van der Waals surface area contributed by atoms with E-state index >= 15 is 0 Å². The number of benzene rings is 7. The van der Waals surface area contributed by atoms with E-state index in [1.807, 2.05) is 0 Å². The van der Waals surface area contributed by atoms with Crippen molar-refractivity contribution in [3.63, 3.8) is 0 Å². The van der Waals surface area contributed by atoms with Gasteiger partial charge in [-0.25, -0.2) is 4.98 Å². The maximum absolute atomic E-state index is 5.34. The van der Waals surface area contributed by atoms with Crippen LogP contribution in [-0.2, 0) is 6.42 Å². The minimum Gasteiger partial charge on any atom is -0.309 e. The van der Waals surface area contributed by atoms with Crippen molar-refractivity contribution < 1.29 is 0 Å². The van der Waals surface area contributed by atoms with Crippen molar-refractivity contribution in [1.82, 2.24) is 14.1 Å². The van der Waals surface area contributed by atoms with Crippen LogP contribution >= 0.6 is 0 Å². The molecule has 1 aliphatic rings. The molecule has 0 amide bonds. The van der Waals surface area contributed by atoms with Crippen molar-refractivity contribution in [3.05, 3.63) is 205 Å². The standard InChI is InChI=1S/C51H35N3/c1-3-14-34(15-4-1)35-16-13-17-38(30-35)43-33-51(52-46-23-10-7-20-40(43)46)54-48-25-12-9-22-42(48)45-32-37(27-29-50(45)54)36-26-28-49-44(31-36)41-21-8-11-24-47(41)53(49)39-18-5-2-6-19-39/h1-31,33,37H,32H2. The number of fused-ring (bicyclic) bond motifs is 7. The van der Waals surface area contributed by atoms with Crippen LogP contribution in [0.1, 0.15) is 22.7 Å². The normalized spacial score (nSPS) is 14.0. The lowest BCUT2D eigenvalue weighted by atomic mass is 9.86. The van der Waals surface area contributed by atoms with Gasteiger partial charge in [0.05, 0.1) is 27.8 Å². The first-order chi connectivity index (χ1) is 26.8. The average molecular weight is 690 g/mol. The van der Waals surface area contributed by atoms with E-state index in [0.717, 1.165) is 23.1 Å². The van der Waals surface area contributed by atoms with Gasteiger partial charge in [-0.15, -0.1) is 0 Å². The molecule has 3 heteroatoms. The molecule has 11 rings (SSSR count). The predicted octanol–water partition coefficient (Wildman–Crippen LogP) is 13.0. The summed E-state index contributed by atoms with van der Waals surface area (Å²) in [5.74, 6) is 1.19. The Morgan fingerprint density at radius 2 is 1.11 bits per heavy atom. The van der Waals surface area contributed by atoms with E-state index in [1.165, 1.54) is 77.5 Å². The molecule has 0 spiro atoms. The van der Waals surface area contributed by atoms with Gasteiger partial charge >= 0.3 is 0 Å². The van der Waals surface area contributed by atoms with Crippen LogP contribution in [0.25, 0.3) is 83.4 Å². The first kappa shape index (κ1) is 30.6. The van der Waals surface area contributed by atoms with Gasteiger partial charge < -0.3 is 4.57 Å². The second-order valence-corrected chi connectivity index (χ2v) is 14.3. The van der Waals surface area contributed by atoms with Crippen molar-refractivity contribution in [2.75, 3.05) is 0 Å². The lowest BCUT2D eigenvalue weighted by molar-refractivity contribution is 0.825. The van der Waals surface area contributed by atoms with Gasteiger partial charge in [0.15, 0.2) is 0 Å². The highest BCUT2D eigenvalue weighted by molar-refractivity contribution is 6.09. The average Bonchev–Trinajstić information content (AvgIpc) is 3.76. The largest absolute Gasteiger partial charge is 0.309 e. The summed E-state index contributed by atoms with van der Waals surface area (Å²) in [5, 5.41) is 5.00. The summed E-state index contributed by atoms with van der Waals surface area (Å²) in [6.45, 7) is 0. The Labute approximate surface area is 313 Å². The van der Waals surface area contributed by atoms with Crippen LogP contribution in [0, 0.1) is 0 Å². The lowest BCUT2D eigenvalue weighted by Gasteiger charge is -2.20. The molecule has 0 fully saturated rings. The zero-order valence-corrected chi connectivity index (χ0v) is 29.6. The highest BCUT2D eigenvalue weighted by atomic mass is 15.1. The van der Waals surface area contributed by atoms with E-state index in [9.17, 15) is 0 Å². The topological polar surface area (TPSA) is 22.8 Å². The molecular weight excluding hydrogens is 655 g/mol. The number of para-hydroxylation sites is 4. The minimum atomic E-state index is 0.251. The second-order valence-electron chi connectivity index (χ2n) is 14.3. The molecule has 54 heavy (non-hydrogen) atoms. The van der Waals surface area contributed by atoms with E-state index in [0.29, 0.717) is 0 Å². The van der Waals surface area contributed by atoms with Crippen molar-refractivity contribution in [2.24, 2.45) is 0 Å². The third kappa shape index (κ3) is 4.86. The quantitative estimate of drug-likeness (QED) is 0.176. The fourth-order valence-corrected chi connectivity index (χ4v) is 8.78. The number of hydrogen-bond donors (Lipinski definition) is 0.